The molecule has 2 saturated carbocycles. The number of hydrogen-bond acceptors (Lipinski definition) is 5. The second-order valence-electron chi connectivity index (χ2n) is 6.24. The number of hydrogen-bond donors (Lipinski definition) is 2. The van der Waals surface area contributed by atoms with Gasteiger partial charge in [0.15, 0.2) is 0 Å². The maximum absolute atomic E-state index is 12.1. The van der Waals surface area contributed by atoms with E-state index in [4.69, 9.17) is 5.73 Å². The van der Waals surface area contributed by atoms with E-state index in [0.717, 1.165) is 41.5 Å². The van der Waals surface area contributed by atoms with Crippen molar-refractivity contribution in [3.8, 4) is 0 Å². The van der Waals surface area contributed by atoms with Crippen LogP contribution in [0.1, 0.15) is 44.2 Å². The highest BCUT2D eigenvalue weighted by Gasteiger charge is 2.49. The molecule has 1 aromatic rings. The summed E-state index contributed by atoms with van der Waals surface area (Å²) in [5, 5.41) is 5.66. The summed E-state index contributed by atoms with van der Waals surface area (Å²) < 4.78 is 1.13. The lowest BCUT2D eigenvalue weighted by atomic mass is 9.84. The average Bonchev–Trinajstić information content (AvgIpc) is 3.00. The van der Waals surface area contributed by atoms with Crippen molar-refractivity contribution in [1.82, 2.24) is 10.3 Å². The molecule has 21 heavy (non-hydrogen) atoms. The van der Waals surface area contributed by atoms with Gasteiger partial charge in [0.25, 0.3) is 0 Å². The summed E-state index contributed by atoms with van der Waals surface area (Å²) in [6, 6.07) is 0.521. The molecule has 6 heteroatoms. The molecule has 0 radical (unpaired) electrons. The van der Waals surface area contributed by atoms with E-state index in [1.165, 1.54) is 12.8 Å². The minimum atomic E-state index is -0.444. The Labute approximate surface area is 134 Å². The number of aromatic nitrogens is 1. The van der Waals surface area contributed by atoms with E-state index < -0.39 is 5.54 Å². The Morgan fingerprint density at radius 1 is 1.57 bits per heavy atom. The highest BCUT2D eigenvalue weighted by atomic mass is 32.2. The van der Waals surface area contributed by atoms with Crippen LogP contribution in [0.2, 0.25) is 0 Å². The van der Waals surface area contributed by atoms with Crippen LogP contribution < -0.4 is 11.1 Å². The summed E-state index contributed by atoms with van der Waals surface area (Å²) in [7, 11) is 0. The van der Waals surface area contributed by atoms with Gasteiger partial charge in [-0.2, -0.15) is 0 Å². The molecule has 1 heterocycles. The standard InChI is InChI=1S/C15H23N3OS2/c1-10-9-21-14(17-10)20-8-6-11-3-2-7-15(11,13(16)19)18-12-4-5-12/h9,11-12,18H,2-8H2,1H3,(H2,16,19). The number of rotatable bonds is 7. The van der Waals surface area contributed by atoms with E-state index >= 15 is 0 Å². The number of thioether (sulfide) groups is 1. The van der Waals surface area contributed by atoms with E-state index in [-0.39, 0.29) is 5.91 Å². The number of nitrogens with two attached hydrogens (primary N) is 1. The van der Waals surface area contributed by atoms with Gasteiger partial charge in [-0.15, -0.1) is 11.3 Å². The molecule has 3 N–H and O–H groups in total. The van der Waals surface area contributed by atoms with Crippen LogP contribution >= 0.6 is 23.1 Å². The molecule has 0 aromatic carbocycles. The molecule has 0 spiro atoms. The van der Waals surface area contributed by atoms with Gasteiger partial charge in [0.2, 0.25) is 5.91 Å². The molecule has 0 saturated heterocycles. The Balaban J connectivity index is 1.58. The van der Waals surface area contributed by atoms with Gasteiger partial charge < -0.3 is 11.1 Å². The van der Waals surface area contributed by atoms with Gasteiger partial charge in [0.1, 0.15) is 9.88 Å². The lowest BCUT2D eigenvalue weighted by Crippen LogP contribution is -2.58. The van der Waals surface area contributed by atoms with Gasteiger partial charge in [-0.05, 0) is 44.9 Å². The minimum absolute atomic E-state index is 0.146. The number of aryl methyl sites for hydroxylation is 1. The molecule has 0 aliphatic heterocycles. The molecule has 0 bridgehead atoms. The largest absolute Gasteiger partial charge is 0.368 e. The van der Waals surface area contributed by atoms with Gasteiger partial charge in [0.05, 0.1) is 0 Å². The average molecular weight is 326 g/mol. The third kappa shape index (κ3) is 3.43. The summed E-state index contributed by atoms with van der Waals surface area (Å²) in [5.41, 5.74) is 6.41. The third-order valence-corrected chi connectivity index (χ3v) is 6.76. The Bertz CT molecular complexity index is 515. The zero-order chi connectivity index (χ0) is 14.9. The van der Waals surface area contributed by atoms with E-state index in [1.54, 1.807) is 23.1 Å². The van der Waals surface area contributed by atoms with Crippen molar-refractivity contribution in [2.45, 2.75) is 61.4 Å². The van der Waals surface area contributed by atoms with Gasteiger partial charge in [-0.1, -0.05) is 18.2 Å². The lowest BCUT2D eigenvalue weighted by molar-refractivity contribution is -0.126. The molecule has 2 fully saturated rings. The fourth-order valence-corrected chi connectivity index (χ4v) is 5.31. The summed E-state index contributed by atoms with van der Waals surface area (Å²) in [6.07, 6.45) is 6.54. The molecule has 1 amide bonds. The summed E-state index contributed by atoms with van der Waals surface area (Å²) in [5.74, 6) is 1.25. The van der Waals surface area contributed by atoms with Crippen LogP contribution in [0.15, 0.2) is 9.72 Å². The van der Waals surface area contributed by atoms with Crippen LogP contribution in [0, 0.1) is 12.8 Å². The van der Waals surface area contributed by atoms with Gasteiger partial charge in [-0.3, -0.25) is 4.79 Å². The van der Waals surface area contributed by atoms with Gasteiger partial charge in [0, 0.05) is 22.9 Å². The molecule has 4 nitrogen and oxygen atoms in total. The van der Waals surface area contributed by atoms with Crippen LogP contribution in [-0.4, -0.2) is 28.2 Å². The third-order valence-electron chi connectivity index (χ3n) is 4.59. The maximum atomic E-state index is 12.1. The van der Waals surface area contributed by atoms with Crippen LogP contribution in [0.3, 0.4) is 0 Å². The highest BCUT2D eigenvalue weighted by Crippen LogP contribution is 2.41. The molecule has 1 aromatic heterocycles. The van der Waals surface area contributed by atoms with Crippen molar-refractivity contribution in [1.29, 1.82) is 0 Å². The molecule has 2 atom stereocenters. The van der Waals surface area contributed by atoms with Crippen molar-refractivity contribution < 1.29 is 4.79 Å². The maximum Gasteiger partial charge on any atom is 0.238 e. The Morgan fingerprint density at radius 3 is 3.00 bits per heavy atom. The number of carbonyl (C=O) groups is 1. The zero-order valence-electron chi connectivity index (χ0n) is 12.4. The first kappa shape index (κ1) is 15.3. The van der Waals surface area contributed by atoms with E-state index in [2.05, 4.69) is 15.7 Å². The number of nitrogens with one attached hydrogen (secondary N) is 1. The van der Waals surface area contributed by atoms with E-state index in [0.29, 0.717) is 12.0 Å². The first-order chi connectivity index (χ1) is 10.1. The van der Waals surface area contributed by atoms with Crippen LogP contribution in [0.5, 0.6) is 0 Å². The van der Waals surface area contributed by atoms with Gasteiger partial charge in [-0.25, -0.2) is 4.98 Å². The number of amides is 1. The molecule has 2 aliphatic rings. The second-order valence-corrected chi connectivity index (χ2v) is 8.44. The van der Waals surface area contributed by atoms with E-state index in [9.17, 15) is 4.79 Å². The monoisotopic (exact) mass is 325 g/mol. The quantitative estimate of drug-likeness (QED) is 0.756. The van der Waals surface area contributed by atoms with Crippen molar-refractivity contribution in [2.75, 3.05) is 5.75 Å². The zero-order valence-corrected chi connectivity index (χ0v) is 14.1. The Hall–Kier alpha value is -0.590. The van der Waals surface area contributed by atoms with Crippen LogP contribution in [-0.2, 0) is 4.79 Å². The lowest BCUT2D eigenvalue weighted by Gasteiger charge is -2.34. The predicted molar refractivity (Wildman–Crippen MR) is 87.6 cm³/mol. The van der Waals surface area contributed by atoms with Crippen LogP contribution in [0.4, 0.5) is 0 Å². The molecular formula is C15H23N3OS2. The summed E-state index contributed by atoms with van der Waals surface area (Å²) >= 11 is 3.51. The fraction of sp³-hybridized carbons (Fsp3) is 0.733. The topological polar surface area (TPSA) is 68.0 Å². The summed E-state index contributed by atoms with van der Waals surface area (Å²) in [4.78, 5) is 16.6. The van der Waals surface area contributed by atoms with Crippen molar-refractivity contribution in [3.05, 3.63) is 11.1 Å². The Morgan fingerprint density at radius 2 is 2.38 bits per heavy atom. The Kier molecular flexibility index (Phi) is 4.57. The normalized spacial score (nSPS) is 28.9. The summed E-state index contributed by atoms with van der Waals surface area (Å²) in [6.45, 7) is 2.02. The van der Waals surface area contributed by atoms with E-state index in [1.807, 2.05) is 6.92 Å². The SMILES string of the molecule is Cc1csc(SCCC2CCCC2(NC2CC2)C(N)=O)n1. The predicted octanol–water partition coefficient (Wildman–Crippen LogP) is 2.71. The number of primary amides is 1. The first-order valence-electron chi connectivity index (χ1n) is 7.73. The second kappa shape index (κ2) is 6.26. The van der Waals surface area contributed by atoms with Crippen molar-refractivity contribution in [3.63, 3.8) is 0 Å². The molecule has 2 unspecified atom stereocenters. The van der Waals surface area contributed by atoms with Crippen molar-refractivity contribution in [2.24, 2.45) is 11.7 Å². The van der Waals surface area contributed by atoms with Crippen molar-refractivity contribution >= 4 is 29.0 Å². The molecule has 2 aliphatic carbocycles. The number of thiazole rings is 1. The fourth-order valence-electron chi connectivity index (χ4n) is 3.33. The molecular weight excluding hydrogens is 302 g/mol. The number of nitrogens with zero attached hydrogens (tertiary/aromatic N) is 1. The number of carbonyl (C=O) groups excluding carboxylic acids is 1. The smallest absolute Gasteiger partial charge is 0.238 e. The van der Waals surface area contributed by atoms with Gasteiger partial charge >= 0.3 is 0 Å². The first-order valence-corrected chi connectivity index (χ1v) is 9.59. The highest BCUT2D eigenvalue weighted by molar-refractivity contribution is 8.01. The van der Waals surface area contributed by atoms with Crippen LogP contribution in [0.25, 0.3) is 0 Å². The molecule has 116 valence electrons. The minimum Gasteiger partial charge on any atom is -0.368 e. The molecule has 3 rings (SSSR count).